The number of carboxylic acids is 1. The van der Waals surface area contributed by atoms with E-state index in [0.29, 0.717) is 21.6 Å². The molecule has 10 heteroatoms. The van der Waals surface area contributed by atoms with E-state index < -0.39 is 12.7 Å². The molecule has 0 atom stereocenters. The Labute approximate surface area is 175 Å². The van der Waals surface area contributed by atoms with Gasteiger partial charge in [0.25, 0.3) is 0 Å². The number of hydrogen-bond donors (Lipinski definition) is 3. The Balaban J connectivity index is 1.77. The van der Waals surface area contributed by atoms with Gasteiger partial charge in [0.15, 0.2) is 5.82 Å². The van der Waals surface area contributed by atoms with Gasteiger partial charge in [0.2, 0.25) is 5.16 Å². The predicted molar refractivity (Wildman–Crippen MR) is 115 cm³/mol. The Kier molecular flexibility index (Phi) is 5.44. The van der Waals surface area contributed by atoms with Gasteiger partial charge in [-0.15, -0.1) is 5.10 Å². The van der Waals surface area contributed by atoms with E-state index in [1.165, 1.54) is 0 Å². The third kappa shape index (κ3) is 4.01. The van der Waals surface area contributed by atoms with Crippen molar-refractivity contribution in [3.8, 4) is 22.5 Å². The first-order valence-corrected chi connectivity index (χ1v) is 9.96. The van der Waals surface area contributed by atoms with Crippen LogP contribution in [0.4, 0.5) is 5.69 Å². The summed E-state index contributed by atoms with van der Waals surface area (Å²) in [7, 11) is 1.96. The summed E-state index contributed by atoms with van der Waals surface area (Å²) in [5, 5.41) is 38.9. The van der Waals surface area contributed by atoms with E-state index in [1.807, 2.05) is 48.1 Å². The molecular formula is C20H18N5O4S-. The van der Waals surface area contributed by atoms with E-state index >= 15 is 0 Å². The summed E-state index contributed by atoms with van der Waals surface area (Å²) in [6.07, 6.45) is 1.98. The summed E-state index contributed by atoms with van der Waals surface area (Å²) < 4.78 is 2.01. The summed E-state index contributed by atoms with van der Waals surface area (Å²) in [6.45, 7) is -0.685. The number of aliphatic carboxylic acids is 1. The van der Waals surface area contributed by atoms with Crippen LogP contribution in [0.1, 0.15) is 0 Å². The molecule has 0 radical (unpaired) electrons. The van der Waals surface area contributed by atoms with Crippen LogP contribution < -0.4 is 5.06 Å². The minimum Gasteiger partial charge on any atom is -0.757 e. The van der Waals surface area contributed by atoms with Crippen LogP contribution in [0.5, 0.6) is 0 Å². The van der Waals surface area contributed by atoms with Crippen LogP contribution in [0.25, 0.3) is 33.4 Å². The zero-order chi connectivity index (χ0) is 21.3. The SMILES string of the molecule is Cn1ccc2ccc(-c3cc(-c4nc(SCC(=O)O)n[nH]4)cc(N([O-])CO)c3)cc21. The van der Waals surface area contributed by atoms with Crippen molar-refractivity contribution in [3.05, 3.63) is 53.9 Å². The molecule has 0 amide bonds. The topological polar surface area (TPSA) is 130 Å². The Morgan fingerprint density at radius 1 is 1.20 bits per heavy atom. The smallest absolute Gasteiger partial charge is 0.313 e. The van der Waals surface area contributed by atoms with Crippen LogP contribution >= 0.6 is 11.8 Å². The number of nitrogens with zero attached hydrogens (tertiary/aromatic N) is 4. The lowest BCUT2D eigenvalue weighted by atomic mass is 10.0. The number of aryl methyl sites for hydroxylation is 1. The molecule has 0 saturated heterocycles. The van der Waals surface area contributed by atoms with E-state index in [4.69, 9.17) is 5.11 Å². The Morgan fingerprint density at radius 2 is 2.00 bits per heavy atom. The van der Waals surface area contributed by atoms with Crippen molar-refractivity contribution < 1.29 is 15.0 Å². The molecule has 0 bridgehead atoms. The van der Waals surface area contributed by atoms with E-state index in [2.05, 4.69) is 15.2 Å². The largest absolute Gasteiger partial charge is 0.757 e. The number of anilines is 1. The van der Waals surface area contributed by atoms with Crippen LogP contribution in [0.2, 0.25) is 0 Å². The average Bonchev–Trinajstić information content (AvgIpc) is 3.38. The minimum atomic E-state index is -0.961. The van der Waals surface area contributed by atoms with Gasteiger partial charge < -0.3 is 25.1 Å². The molecular weight excluding hydrogens is 406 g/mol. The van der Waals surface area contributed by atoms with E-state index in [9.17, 15) is 15.1 Å². The molecule has 0 spiro atoms. The number of nitrogens with one attached hydrogen (secondary N) is 1. The van der Waals surface area contributed by atoms with Crippen molar-refractivity contribution in [2.45, 2.75) is 5.16 Å². The highest BCUT2D eigenvalue weighted by Crippen LogP contribution is 2.32. The Hall–Kier alpha value is -3.34. The van der Waals surface area contributed by atoms with Gasteiger partial charge in [-0.1, -0.05) is 23.9 Å². The molecule has 4 rings (SSSR count). The number of aliphatic hydroxyl groups is 1. The summed E-state index contributed by atoms with van der Waals surface area (Å²) in [4.78, 5) is 15.1. The van der Waals surface area contributed by atoms with Crippen molar-refractivity contribution in [1.29, 1.82) is 0 Å². The molecule has 0 aliphatic heterocycles. The summed E-state index contributed by atoms with van der Waals surface area (Å²) in [6, 6.07) is 13.2. The van der Waals surface area contributed by atoms with E-state index in [1.54, 1.807) is 12.1 Å². The number of carbonyl (C=O) groups is 1. The number of aromatic nitrogens is 4. The fourth-order valence-corrected chi connectivity index (χ4v) is 3.67. The zero-order valence-corrected chi connectivity index (χ0v) is 16.8. The highest BCUT2D eigenvalue weighted by atomic mass is 32.2. The lowest BCUT2D eigenvalue weighted by Crippen LogP contribution is -2.15. The van der Waals surface area contributed by atoms with Crippen LogP contribution in [-0.4, -0.2) is 48.4 Å². The highest BCUT2D eigenvalue weighted by molar-refractivity contribution is 7.99. The Morgan fingerprint density at radius 3 is 2.77 bits per heavy atom. The first-order chi connectivity index (χ1) is 14.4. The van der Waals surface area contributed by atoms with Crippen LogP contribution in [0.15, 0.2) is 53.8 Å². The molecule has 9 nitrogen and oxygen atoms in total. The third-order valence-corrected chi connectivity index (χ3v) is 5.45. The zero-order valence-electron chi connectivity index (χ0n) is 15.9. The van der Waals surface area contributed by atoms with Crippen LogP contribution in [-0.2, 0) is 11.8 Å². The maximum absolute atomic E-state index is 12.1. The molecule has 3 N–H and O–H groups in total. The molecule has 2 heterocycles. The normalized spacial score (nSPS) is 11.2. The predicted octanol–water partition coefficient (Wildman–Crippen LogP) is 3.06. The van der Waals surface area contributed by atoms with Crippen molar-refractivity contribution in [2.75, 3.05) is 17.5 Å². The number of benzene rings is 2. The second-order valence-corrected chi connectivity index (χ2v) is 7.58. The third-order valence-electron chi connectivity index (χ3n) is 4.62. The van der Waals surface area contributed by atoms with Gasteiger partial charge in [-0.3, -0.25) is 9.89 Å². The Bertz CT molecular complexity index is 1220. The summed E-state index contributed by atoms with van der Waals surface area (Å²) >= 11 is 0.996. The van der Waals surface area contributed by atoms with Gasteiger partial charge in [-0.05, 0) is 46.8 Å². The molecule has 154 valence electrons. The van der Waals surface area contributed by atoms with Crippen molar-refractivity contribution in [3.63, 3.8) is 0 Å². The standard InChI is InChI=1S/C20H18N5O4S/c1-24-5-4-12-2-3-13(9-17(12)24)14-6-15(8-16(7-14)25(29)11-26)19-21-20(23-22-19)30-10-18(27)28/h2-9,26H,10-11H2,1H3,(H,27,28)(H,21,22,23)/q-1. The van der Waals surface area contributed by atoms with Gasteiger partial charge in [-0.25, -0.2) is 4.98 Å². The number of aromatic amines is 1. The second kappa shape index (κ2) is 8.19. The van der Waals surface area contributed by atoms with Gasteiger partial charge in [0.1, 0.15) is 6.73 Å². The maximum atomic E-state index is 12.1. The quantitative estimate of drug-likeness (QED) is 0.234. The highest BCUT2D eigenvalue weighted by Gasteiger charge is 2.12. The molecule has 0 unspecified atom stereocenters. The van der Waals surface area contributed by atoms with E-state index in [0.717, 1.165) is 33.8 Å². The number of hydrogen-bond acceptors (Lipinski definition) is 7. The number of hydroxylamine groups is 1. The molecule has 30 heavy (non-hydrogen) atoms. The average molecular weight is 424 g/mol. The minimum absolute atomic E-state index is 0.155. The van der Waals surface area contributed by atoms with Crippen molar-refractivity contribution in [1.82, 2.24) is 19.7 Å². The number of carboxylic acid groups (broad SMARTS) is 1. The molecule has 2 aromatic carbocycles. The molecule has 0 saturated carbocycles. The van der Waals surface area contributed by atoms with Crippen molar-refractivity contribution in [2.24, 2.45) is 7.05 Å². The molecule has 2 aromatic heterocycles. The lowest BCUT2D eigenvalue weighted by Gasteiger charge is -2.28. The number of fused-ring (bicyclic) bond motifs is 1. The maximum Gasteiger partial charge on any atom is 0.313 e. The van der Waals surface area contributed by atoms with Gasteiger partial charge in [0, 0.05) is 30.0 Å². The summed E-state index contributed by atoms with van der Waals surface area (Å²) in [5.41, 5.74) is 3.59. The lowest BCUT2D eigenvalue weighted by molar-refractivity contribution is -0.133. The second-order valence-electron chi connectivity index (χ2n) is 6.64. The van der Waals surface area contributed by atoms with Gasteiger partial charge in [0.05, 0.1) is 5.75 Å². The van der Waals surface area contributed by atoms with Crippen molar-refractivity contribution >= 4 is 34.3 Å². The van der Waals surface area contributed by atoms with Crippen LogP contribution in [0.3, 0.4) is 0 Å². The van der Waals surface area contributed by atoms with Gasteiger partial charge >= 0.3 is 5.97 Å². The number of aliphatic hydroxyl groups excluding tert-OH is 1. The number of H-pyrrole nitrogens is 1. The van der Waals surface area contributed by atoms with Crippen LogP contribution in [0, 0.1) is 5.21 Å². The van der Waals surface area contributed by atoms with Gasteiger partial charge in [-0.2, -0.15) is 0 Å². The molecule has 0 fully saturated rings. The fourth-order valence-electron chi connectivity index (χ4n) is 3.15. The molecule has 4 aromatic rings. The number of thioether (sulfide) groups is 1. The summed E-state index contributed by atoms with van der Waals surface area (Å²) in [5.74, 6) is -0.716. The number of rotatable bonds is 7. The van der Waals surface area contributed by atoms with E-state index in [-0.39, 0.29) is 11.4 Å². The monoisotopic (exact) mass is 424 g/mol. The fraction of sp³-hybridized carbons (Fsp3) is 0.150. The first-order valence-electron chi connectivity index (χ1n) is 8.98. The first kappa shape index (κ1) is 20.0. The molecule has 0 aliphatic rings. The molecule has 0 aliphatic carbocycles.